The zero-order chi connectivity index (χ0) is 9.53. The van der Waals surface area contributed by atoms with Crippen LogP contribution < -0.4 is 5.73 Å². The van der Waals surface area contributed by atoms with Crippen LogP contribution >= 0.6 is 0 Å². The molecular weight excluding hydrogens is 192 g/mol. The third-order valence-corrected chi connectivity index (χ3v) is 4.23. The van der Waals surface area contributed by atoms with E-state index in [1.165, 1.54) is 0 Å². The molecule has 0 aromatic heterocycles. The molecule has 6 heteroatoms. The van der Waals surface area contributed by atoms with E-state index in [1.54, 1.807) is 0 Å². The van der Waals surface area contributed by atoms with Crippen molar-refractivity contribution in [2.75, 3.05) is 18.1 Å². The van der Waals surface area contributed by atoms with Gasteiger partial charge in [-0.2, -0.15) is 0 Å². The first-order chi connectivity index (χ1) is 6.02. The van der Waals surface area contributed by atoms with E-state index < -0.39 is 15.4 Å². The van der Waals surface area contributed by atoms with Crippen molar-refractivity contribution in [2.45, 2.75) is 18.4 Å². The van der Waals surface area contributed by atoms with Crippen molar-refractivity contribution in [2.24, 2.45) is 10.7 Å². The Morgan fingerprint density at radius 3 is 2.46 bits per heavy atom. The molecule has 1 saturated heterocycles. The second-order valence-corrected chi connectivity index (χ2v) is 5.89. The highest BCUT2D eigenvalue weighted by atomic mass is 32.2. The van der Waals surface area contributed by atoms with Gasteiger partial charge in [-0.3, -0.25) is 0 Å². The predicted molar refractivity (Wildman–Crippen MR) is 48.2 cm³/mol. The van der Waals surface area contributed by atoms with Gasteiger partial charge in [-0.1, -0.05) is 0 Å². The fourth-order valence-electron chi connectivity index (χ4n) is 1.68. The Morgan fingerprint density at radius 1 is 1.38 bits per heavy atom. The van der Waals surface area contributed by atoms with E-state index in [0.29, 0.717) is 19.4 Å². The van der Waals surface area contributed by atoms with Crippen LogP contribution in [0, 0.1) is 0 Å². The molecule has 0 aliphatic carbocycles. The van der Waals surface area contributed by atoms with Crippen LogP contribution in [0.1, 0.15) is 12.8 Å². The lowest BCUT2D eigenvalue weighted by atomic mass is 9.97. The zero-order valence-electron chi connectivity index (χ0n) is 7.19. The Kier molecular flexibility index (Phi) is 1.76. The largest absolute Gasteiger partial charge is 0.457 e. The minimum atomic E-state index is -2.84. The number of hydrogen-bond acceptors (Lipinski definition) is 5. The van der Waals surface area contributed by atoms with Crippen LogP contribution in [0.4, 0.5) is 0 Å². The highest BCUT2D eigenvalue weighted by molar-refractivity contribution is 7.91. The van der Waals surface area contributed by atoms with E-state index in [2.05, 4.69) is 4.99 Å². The van der Waals surface area contributed by atoms with Gasteiger partial charge in [-0.05, 0) is 0 Å². The van der Waals surface area contributed by atoms with Gasteiger partial charge >= 0.3 is 0 Å². The number of aliphatic imine (C=N–C) groups is 1. The molecule has 0 amide bonds. The van der Waals surface area contributed by atoms with Gasteiger partial charge in [-0.25, -0.2) is 13.4 Å². The summed E-state index contributed by atoms with van der Waals surface area (Å²) in [5.74, 6) is 0.381. The monoisotopic (exact) mass is 204 g/mol. The van der Waals surface area contributed by atoms with Crippen LogP contribution in [0.3, 0.4) is 0 Å². The lowest BCUT2D eigenvalue weighted by molar-refractivity contribution is 0.0747. The lowest BCUT2D eigenvalue weighted by Gasteiger charge is -2.31. The Balaban J connectivity index is 2.07. The molecule has 0 aromatic carbocycles. The Hall–Kier alpha value is -0.780. The van der Waals surface area contributed by atoms with E-state index in [1.807, 2.05) is 0 Å². The number of rotatable bonds is 0. The quantitative estimate of drug-likeness (QED) is 0.564. The first-order valence-corrected chi connectivity index (χ1v) is 6.03. The number of sulfone groups is 1. The number of ether oxygens (including phenoxy) is 1. The average Bonchev–Trinajstić information content (AvgIpc) is 2.41. The first kappa shape index (κ1) is 8.80. The molecule has 13 heavy (non-hydrogen) atoms. The maximum Gasteiger partial charge on any atom is 0.282 e. The number of nitrogens with zero attached hydrogens (tertiary/aromatic N) is 1. The van der Waals surface area contributed by atoms with Gasteiger partial charge in [0.1, 0.15) is 5.60 Å². The van der Waals surface area contributed by atoms with E-state index in [0.717, 1.165) is 0 Å². The van der Waals surface area contributed by atoms with Gasteiger partial charge in [0.25, 0.3) is 6.02 Å². The summed E-state index contributed by atoms with van der Waals surface area (Å²) in [5, 5.41) is 0. The molecule has 1 fully saturated rings. The highest BCUT2D eigenvalue weighted by Gasteiger charge is 2.42. The Labute approximate surface area is 76.9 Å². The summed E-state index contributed by atoms with van der Waals surface area (Å²) in [6.45, 7) is 0.508. The van der Waals surface area contributed by atoms with E-state index in [-0.39, 0.29) is 17.5 Å². The molecule has 0 radical (unpaired) electrons. The number of amidine groups is 1. The molecule has 2 N–H and O–H groups in total. The smallest absolute Gasteiger partial charge is 0.282 e. The molecule has 5 nitrogen and oxygen atoms in total. The maximum absolute atomic E-state index is 11.1. The van der Waals surface area contributed by atoms with Crippen molar-refractivity contribution in [1.29, 1.82) is 0 Å². The fourth-order valence-corrected chi connectivity index (χ4v) is 3.25. The standard InChI is InChI=1S/C7H12N2O3S/c8-6-9-5-7(12-6)1-3-13(10,11)4-2-7/h1-5H2,(H2,8,9). The second-order valence-electron chi connectivity index (χ2n) is 3.59. The van der Waals surface area contributed by atoms with Gasteiger partial charge in [0, 0.05) is 12.8 Å². The number of hydrogen-bond donors (Lipinski definition) is 1. The van der Waals surface area contributed by atoms with Crippen LogP contribution in [0.2, 0.25) is 0 Å². The van der Waals surface area contributed by atoms with Gasteiger partial charge in [0.15, 0.2) is 9.84 Å². The van der Waals surface area contributed by atoms with Crippen LogP contribution in [-0.2, 0) is 14.6 Å². The maximum atomic E-state index is 11.1. The van der Waals surface area contributed by atoms with Gasteiger partial charge < -0.3 is 10.5 Å². The third kappa shape index (κ3) is 1.63. The van der Waals surface area contributed by atoms with Crippen molar-refractivity contribution in [3.63, 3.8) is 0 Å². The predicted octanol–water partition coefficient (Wildman–Crippen LogP) is -0.721. The van der Waals surface area contributed by atoms with Crippen molar-refractivity contribution in [1.82, 2.24) is 0 Å². The molecule has 0 aromatic rings. The molecular formula is C7H12N2O3S. The van der Waals surface area contributed by atoms with Crippen LogP contribution in [0.15, 0.2) is 4.99 Å². The van der Waals surface area contributed by atoms with E-state index in [4.69, 9.17) is 10.5 Å². The average molecular weight is 204 g/mol. The molecule has 0 unspecified atom stereocenters. The molecule has 74 valence electrons. The van der Waals surface area contributed by atoms with Crippen molar-refractivity contribution >= 4 is 15.9 Å². The molecule has 0 bridgehead atoms. The summed E-state index contributed by atoms with van der Waals surface area (Å²) in [6, 6.07) is 0.194. The molecule has 2 aliphatic heterocycles. The minimum absolute atomic E-state index is 0.190. The first-order valence-electron chi connectivity index (χ1n) is 4.21. The normalized spacial score (nSPS) is 29.7. The van der Waals surface area contributed by atoms with Gasteiger partial charge in [0.05, 0.1) is 18.1 Å². The van der Waals surface area contributed by atoms with Gasteiger partial charge in [0.2, 0.25) is 0 Å². The Morgan fingerprint density at radius 2 is 2.00 bits per heavy atom. The number of nitrogens with two attached hydrogens (primary N) is 1. The highest BCUT2D eigenvalue weighted by Crippen LogP contribution is 2.30. The zero-order valence-corrected chi connectivity index (χ0v) is 8.01. The van der Waals surface area contributed by atoms with E-state index in [9.17, 15) is 8.42 Å². The molecule has 2 rings (SSSR count). The minimum Gasteiger partial charge on any atom is -0.457 e. The summed E-state index contributed by atoms with van der Waals surface area (Å²) >= 11 is 0. The molecule has 0 saturated carbocycles. The van der Waals surface area contributed by atoms with Crippen LogP contribution in [-0.4, -0.2) is 38.1 Å². The van der Waals surface area contributed by atoms with Crippen molar-refractivity contribution in [3.8, 4) is 0 Å². The summed E-state index contributed by atoms with van der Waals surface area (Å²) in [6.07, 6.45) is 1.03. The van der Waals surface area contributed by atoms with Crippen LogP contribution in [0.5, 0.6) is 0 Å². The fraction of sp³-hybridized carbons (Fsp3) is 0.857. The summed E-state index contributed by atoms with van der Waals surface area (Å²) in [7, 11) is -2.84. The SMILES string of the molecule is NC1=NCC2(CCS(=O)(=O)CC2)O1. The third-order valence-electron chi connectivity index (χ3n) is 2.58. The summed E-state index contributed by atoms with van der Waals surface area (Å²) < 4.78 is 27.6. The topological polar surface area (TPSA) is 81.8 Å². The van der Waals surface area contributed by atoms with Crippen LogP contribution in [0.25, 0.3) is 0 Å². The van der Waals surface area contributed by atoms with Crippen molar-refractivity contribution < 1.29 is 13.2 Å². The molecule has 1 spiro atoms. The second kappa shape index (κ2) is 2.60. The van der Waals surface area contributed by atoms with E-state index >= 15 is 0 Å². The van der Waals surface area contributed by atoms with Crippen molar-refractivity contribution in [3.05, 3.63) is 0 Å². The molecule has 2 aliphatic rings. The summed E-state index contributed by atoms with van der Waals surface area (Å²) in [5.41, 5.74) is 4.98. The summed E-state index contributed by atoms with van der Waals surface area (Å²) in [4.78, 5) is 3.94. The molecule has 0 atom stereocenters. The van der Waals surface area contributed by atoms with Gasteiger partial charge in [-0.15, -0.1) is 0 Å². The lowest BCUT2D eigenvalue weighted by Crippen LogP contribution is -2.42. The Bertz CT molecular complexity index is 333. The molecule has 2 heterocycles.